The molecule has 0 spiro atoms. The van der Waals surface area contributed by atoms with Crippen LogP contribution in [0.25, 0.3) is 10.9 Å². The molecule has 0 saturated carbocycles. The van der Waals surface area contributed by atoms with Gasteiger partial charge in [-0.3, -0.25) is 18.6 Å². The maximum absolute atomic E-state index is 13.2. The number of rotatable bonds is 13. The van der Waals surface area contributed by atoms with Crippen molar-refractivity contribution in [2.24, 2.45) is 11.8 Å². The number of aromatic nitrogens is 1. The van der Waals surface area contributed by atoms with Crippen molar-refractivity contribution >= 4 is 57.8 Å². The molecule has 0 aliphatic carbocycles. The first-order valence-electron chi connectivity index (χ1n) is 15.3. The van der Waals surface area contributed by atoms with E-state index in [1.165, 1.54) is 18.0 Å². The zero-order valence-electron chi connectivity index (χ0n) is 26.3. The molecule has 240 valence electrons. The Kier molecular flexibility index (Phi) is 12.6. The van der Waals surface area contributed by atoms with E-state index < -0.39 is 12.3 Å². The van der Waals surface area contributed by atoms with E-state index in [0.29, 0.717) is 34.5 Å². The second-order valence-electron chi connectivity index (χ2n) is 11.9. The van der Waals surface area contributed by atoms with E-state index in [2.05, 4.69) is 9.80 Å². The summed E-state index contributed by atoms with van der Waals surface area (Å²) in [6, 6.07) is 14.8. The number of nitrogens with zero attached hydrogens (tertiary/aromatic N) is 4. The standard InChI is InChI=1S/C33H44Cl2N4O4S/c1-23(2)22-38(44-5)33(41)43-32(24(3)4)39-29-21-26(13-11-25(29)12-14-30(39)40)42-20-7-6-15-36-16-18-37(19-17-36)28-10-8-9-27(34)31(28)35/h8-14,21,23-24,32H,6-7,15-20,22H2,1-5H3. The summed E-state index contributed by atoms with van der Waals surface area (Å²) in [5.41, 5.74) is 1.45. The number of carbonyl (C=O) groups excluding carboxylic acids is 1. The van der Waals surface area contributed by atoms with Crippen molar-refractivity contribution in [3.63, 3.8) is 0 Å². The number of unbranched alkanes of at least 4 members (excludes halogenated alkanes) is 1. The third-order valence-electron chi connectivity index (χ3n) is 7.69. The first-order valence-corrected chi connectivity index (χ1v) is 17.2. The molecule has 0 radical (unpaired) electrons. The Balaban J connectivity index is 1.34. The number of ether oxygens (including phenoxy) is 2. The molecule has 0 bridgehead atoms. The molecule has 1 aliphatic rings. The summed E-state index contributed by atoms with van der Waals surface area (Å²) in [6.45, 7) is 13.9. The molecule has 0 N–H and O–H groups in total. The molecule has 44 heavy (non-hydrogen) atoms. The number of hydrogen-bond donors (Lipinski definition) is 0. The number of anilines is 1. The number of carbonyl (C=O) groups is 1. The van der Waals surface area contributed by atoms with Gasteiger partial charge in [-0.25, -0.2) is 4.79 Å². The average Bonchev–Trinajstić information content (AvgIpc) is 3.00. The summed E-state index contributed by atoms with van der Waals surface area (Å²) < 4.78 is 15.3. The molecule has 11 heteroatoms. The molecule has 1 amide bonds. The molecule has 1 aliphatic heterocycles. The number of amides is 1. The van der Waals surface area contributed by atoms with E-state index in [-0.39, 0.29) is 17.4 Å². The van der Waals surface area contributed by atoms with Crippen molar-refractivity contribution in [1.29, 1.82) is 0 Å². The number of fused-ring (bicyclic) bond motifs is 1. The summed E-state index contributed by atoms with van der Waals surface area (Å²) >= 11 is 13.9. The van der Waals surface area contributed by atoms with Gasteiger partial charge in [0.05, 0.1) is 27.9 Å². The smallest absolute Gasteiger partial charge is 0.421 e. The number of piperazine rings is 1. The van der Waals surface area contributed by atoms with Crippen LogP contribution in [-0.2, 0) is 4.74 Å². The van der Waals surface area contributed by atoms with Gasteiger partial charge >= 0.3 is 6.09 Å². The van der Waals surface area contributed by atoms with E-state index in [1.807, 2.05) is 70.3 Å². The summed E-state index contributed by atoms with van der Waals surface area (Å²) in [6.07, 6.45) is 2.57. The fraction of sp³-hybridized carbons (Fsp3) is 0.515. The second kappa shape index (κ2) is 16.1. The van der Waals surface area contributed by atoms with Crippen LogP contribution in [0.2, 0.25) is 10.0 Å². The Bertz CT molecular complexity index is 1460. The SMILES string of the molecule is CSN(CC(C)C)C(=O)OC(C(C)C)n1c(=O)ccc2ccc(OCCCCN3CCN(c4cccc(Cl)c4Cl)CC3)cc21. The minimum atomic E-state index is -0.758. The molecule has 4 rings (SSSR count). The van der Waals surface area contributed by atoms with Crippen LogP contribution in [0.3, 0.4) is 0 Å². The lowest BCUT2D eigenvalue weighted by atomic mass is 10.1. The highest BCUT2D eigenvalue weighted by Gasteiger charge is 2.27. The third-order valence-corrected chi connectivity index (χ3v) is 9.24. The first kappa shape index (κ1) is 34.3. The Hall–Kier alpha value is -2.59. The highest BCUT2D eigenvalue weighted by atomic mass is 35.5. The van der Waals surface area contributed by atoms with Crippen molar-refractivity contribution < 1.29 is 14.3 Å². The molecular weight excluding hydrogens is 619 g/mol. The molecule has 1 unspecified atom stereocenters. The molecular formula is C33H44Cl2N4O4S. The minimum absolute atomic E-state index is 0.126. The predicted molar refractivity (Wildman–Crippen MR) is 183 cm³/mol. The predicted octanol–water partition coefficient (Wildman–Crippen LogP) is 7.82. The van der Waals surface area contributed by atoms with Crippen LogP contribution in [0.1, 0.15) is 46.8 Å². The molecule has 2 heterocycles. The number of hydrogen-bond acceptors (Lipinski definition) is 7. The average molecular weight is 664 g/mol. The van der Waals surface area contributed by atoms with Crippen LogP contribution in [0, 0.1) is 11.8 Å². The van der Waals surface area contributed by atoms with E-state index in [0.717, 1.165) is 56.6 Å². The quantitative estimate of drug-likeness (QED) is 0.137. The van der Waals surface area contributed by atoms with Gasteiger partial charge in [0.1, 0.15) is 5.75 Å². The monoisotopic (exact) mass is 662 g/mol. The first-order chi connectivity index (χ1) is 21.1. The fourth-order valence-electron chi connectivity index (χ4n) is 5.37. The van der Waals surface area contributed by atoms with Crippen molar-refractivity contribution in [2.45, 2.75) is 46.8 Å². The van der Waals surface area contributed by atoms with E-state index in [4.69, 9.17) is 32.7 Å². The number of halogens is 2. The maximum Gasteiger partial charge on any atom is 0.421 e. The highest BCUT2D eigenvalue weighted by molar-refractivity contribution is 7.96. The topological polar surface area (TPSA) is 67.2 Å². The van der Waals surface area contributed by atoms with Gasteiger partial charge in [-0.15, -0.1) is 0 Å². The maximum atomic E-state index is 13.2. The fourth-order valence-corrected chi connectivity index (χ4v) is 6.42. The second-order valence-corrected chi connectivity index (χ2v) is 13.5. The largest absolute Gasteiger partial charge is 0.494 e. The van der Waals surface area contributed by atoms with E-state index in [9.17, 15) is 9.59 Å². The molecule has 1 saturated heterocycles. The molecule has 1 fully saturated rings. The van der Waals surface area contributed by atoms with Gasteiger partial charge in [0.25, 0.3) is 5.56 Å². The van der Waals surface area contributed by atoms with Gasteiger partial charge in [-0.1, -0.05) is 57.0 Å². The molecule has 2 aromatic carbocycles. The van der Waals surface area contributed by atoms with E-state index in [1.54, 1.807) is 14.9 Å². The van der Waals surface area contributed by atoms with Gasteiger partial charge in [-0.05, 0) is 73.0 Å². The number of pyridine rings is 1. The summed E-state index contributed by atoms with van der Waals surface area (Å²) in [5, 5.41) is 2.08. The van der Waals surface area contributed by atoms with Crippen LogP contribution < -0.4 is 15.2 Å². The molecule has 1 atom stereocenters. The lowest BCUT2D eigenvalue weighted by Gasteiger charge is -2.36. The van der Waals surface area contributed by atoms with Gasteiger partial charge < -0.3 is 14.4 Å². The van der Waals surface area contributed by atoms with Gasteiger partial charge in [-0.2, -0.15) is 0 Å². The van der Waals surface area contributed by atoms with Crippen LogP contribution >= 0.6 is 35.1 Å². The molecule has 3 aromatic rings. The Morgan fingerprint density at radius 2 is 1.73 bits per heavy atom. The Labute approximate surface area is 275 Å². The van der Waals surface area contributed by atoms with Crippen molar-refractivity contribution in [3.05, 3.63) is 68.9 Å². The molecule has 8 nitrogen and oxygen atoms in total. The highest BCUT2D eigenvalue weighted by Crippen LogP contribution is 2.33. The van der Waals surface area contributed by atoms with Crippen molar-refractivity contribution in [1.82, 2.24) is 13.8 Å². The van der Waals surface area contributed by atoms with Crippen LogP contribution in [0.4, 0.5) is 10.5 Å². The molecule has 1 aromatic heterocycles. The summed E-state index contributed by atoms with van der Waals surface area (Å²) in [5.74, 6) is 0.846. The Morgan fingerprint density at radius 1 is 1.00 bits per heavy atom. The zero-order valence-corrected chi connectivity index (χ0v) is 28.6. The van der Waals surface area contributed by atoms with Crippen molar-refractivity contribution in [3.8, 4) is 5.75 Å². The third kappa shape index (κ3) is 8.77. The number of benzene rings is 2. The summed E-state index contributed by atoms with van der Waals surface area (Å²) in [7, 11) is 0. The Morgan fingerprint density at radius 3 is 2.41 bits per heavy atom. The van der Waals surface area contributed by atoms with E-state index >= 15 is 0 Å². The lowest BCUT2D eigenvalue weighted by Crippen LogP contribution is -2.46. The van der Waals surface area contributed by atoms with Gasteiger partial charge in [0, 0.05) is 57.0 Å². The minimum Gasteiger partial charge on any atom is -0.494 e. The zero-order chi connectivity index (χ0) is 31.8. The van der Waals surface area contributed by atoms with Crippen LogP contribution in [0.5, 0.6) is 5.75 Å². The van der Waals surface area contributed by atoms with Gasteiger partial charge in [0.15, 0.2) is 6.23 Å². The van der Waals surface area contributed by atoms with Crippen LogP contribution in [-0.4, -0.2) is 72.0 Å². The summed E-state index contributed by atoms with van der Waals surface area (Å²) in [4.78, 5) is 31.0. The van der Waals surface area contributed by atoms with Gasteiger partial charge in [0.2, 0.25) is 0 Å². The lowest BCUT2D eigenvalue weighted by molar-refractivity contribution is 0.0140. The van der Waals surface area contributed by atoms with Crippen molar-refractivity contribution in [2.75, 3.05) is 57.0 Å². The van der Waals surface area contributed by atoms with Crippen LogP contribution in [0.15, 0.2) is 53.3 Å². The normalized spacial score (nSPS) is 14.8.